The van der Waals surface area contributed by atoms with Crippen LogP contribution in [0.4, 0.5) is 5.69 Å². The summed E-state index contributed by atoms with van der Waals surface area (Å²) >= 11 is 0. The average molecular weight is 635 g/mol. The number of esters is 1. The number of rotatable bonds is 7. The molecule has 5 aromatic rings. The van der Waals surface area contributed by atoms with Gasteiger partial charge in [-0.2, -0.15) is 0 Å². The maximum Gasteiger partial charge on any atom is 0.316 e. The van der Waals surface area contributed by atoms with Gasteiger partial charge in [0.25, 0.3) is 5.91 Å². The number of hydrogen-bond donors (Lipinski definition) is 2. The number of methoxy groups -OCH3 is 1. The Morgan fingerprint density at radius 1 is 0.833 bits per heavy atom. The van der Waals surface area contributed by atoms with Crippen LogP contribution in [0, 0.1) is 0 Å². The third kappa shape index (κ3) is 5.42. The topological polar surface area (TPSA) is 98.5 Å². The maximum atomic E-state index is 14.4. The second kappa shape index (κ2) is 12.7. The summed E-state index contributed by atoms with van der Waals surface area (Å²) in [4.78, 5) is 40.9. The number of anilines is 1. The molecule has 0 aromatic heterocycles. The van der Waals surface area contributed by atoms with Crippen molar-refractivity contribution in [1.82, 2.24) is 0 Å². The highest BCUT2D eigenvalue weighted by atomic mass is 16.5. The van der Waals surface area contributed by atoms with Gasteiger partial charge in [0.05, 0.1) is 18.4 Å². The van der Waals surface area contributed by atoms with Gasteiger partial charge >= 0.3 is 5.97 Å². The zero-order valence-electron chi connectivity index (χ0n) is 27.2. The Kier molecular flexibility index (Phi) is 8.28. The molecule has 0 radical (unpaired) electrons. The summed E-state index contributed by atoms with van der Waals surface area (Å²) in [7, 11) is 1.44. The molecule has 2 aliphatic rings. The van der Waals surface area contributed by atoms with Gasteiger partial charge < -0.3 is 15.8 Å². The van der Waals surface area contributed by atoms with Gasteiger partial charge in [0.1, 0.15) is 0 Å². The maximum absolute atomic E-state index is 14.4. The predicted octanol–water partition coefficient (Wildman–Crippen LogP) is 8.02. The summed E-state index contributed by atoms with van der Waals surface area (Å²) in [6.07, 6.45) is 2.93. The van der Waals surface area contributed by atoms with E-state index < -0.39 is 11.3 Å². The Balaban J connectivity index is 1.19. The predicted molar refractivity (Wildman–Crippen MR) is 189 cm³/mol. The monoisotopic (exact) mass is 634 g/mol. The van der Waals surface area contributed by atoms with E-state index in [1.165, 1.54) is 7.11 Å². The number of amides is 1. The zero-order chi connectivity index (χ0) is 33.4. The van der Waals surface area contributed by atoms with E-state index in [-0.39, 0.29) is 17.7 Å². The van der Waals surface area contributed by atoms with Crippen LogP contribution in [0.3, 0.4) is 0 Å². The molecule has 240 valence electrons. The molecule has 0 saturated carbocycles. The minimum absolute atomic E-state index is 0.0219. The molecule has 48 heavy (non-hydrogen) atoms. The van der Waals surface area contributed by atoms with Crippen LogP contribution in [0.1, 0.15) is 74.2 Å². The van der Waals surface area contributed by atoms with Gasteiger partial charge in [-0.3, -0.25) is 14.4 Å². The fourth-order valence-electron chi connectivity index (χ4n) is 7.65. The van der Waals surface area contributed by atoms with Crippen molar-refractivity contribution < 1.29 is 19.1 Å². The van der Waals surface area contributed by atoms with Crippen LogP contribution in [-0.2, 0) is 34.3 Å². The summed E-state index contributed by atoms with van der Waals surface area (Å²) in [6.45, 7) is 2.41. The summed E-state index contributed by atoms with van der Waals surface area (Å²) in [6, 6.07) is 35.0. The number of nitrogens with two attached hydrogens (primary N) is 1. The quantitative estimate of drug-likeness (QED) is 0.140. The number of hydrogen-bond acceptors (Lipinski definition) is 5. The second-order valence-electron chi connectivity index (χ2n) is 13.0. The van der Waals surface area contributed by atoms with E-state index in [4.69, 9.17) is 10.5 Å². The fourth-order valence-corrected chi connectivity index (χ4v) is 7.65. The molecule has 0 aliphatic heterocycles. The standard InChI is InChI=1S/C42H38N2O4/c1-42(41(47)48-2)23-7-12-35-37(42)22-21-33-32-10-4-3-8-29(32)24-36(38(33)35)39(45)28-17-19-30(20-18-28)44-40(46)34-11-6-5-9-31(34)27-15-13-26(25-43)14-16-27/h3-6,8-11,13-22,36H,7,12,23-25,43H2,1-2H3,(H,44,46). The van der Waals surface area contributed by atoms with Gasteiger partial charge in [-0.05, 0) is 113 Å². The van der Waals surface area contributed by atoms with Crippen LogP contribution >= 0.6 is 0 Å². The molecule has 0 fully saturated rings. The molecule has 0 heterocycles. The second-order valence-corrected chi connectivity index (χ2v) is 13.0. The normalized spacial score (nSPS) is 17.8. The van der Waals surface area contributed by atoms with Crippen molar-refractivity contribution in [1.29, 1.82) is 0 Å². The van der Waals surface area contributed by atoms with E-state index in [1.807, 2.05) is 67.6 Å². The van der Waals surface area contributed by atoms with Crippen molar-refractivity contribution in [2.24, 2.45) is 5.73 Å². The van der Waals surface area contributed by atoms with Gasteiger partial charge in [0.2, 0.25) is 0 Å². The molecule has 1 amide bonds. The van der Waals surface area contributed by atoms with Crippen molar-refractivity contribution in [3.05, 3.63) is 148 Å². The van der Waals surface area contributed by atoms with Crippen LogP contribution in [0.15, 0.2) is 109 Å². The number of benzene rings is 5. The van der Waals surface area contributed by atoms with Crippen LogP contribution < -0.4 is 11.1 Å². The zero-order valence-corrected chi connectivity index (χ0v) is 27.2. The molecule has 3 N–H and O–H groups in total. The number of carbonyl (C=O) groups excluding carboxylic acids is 3. The highest BCUT2D eigenvalue weighted by molar-refractivity contribution is 6.09. The summed E-state index contributed by atoms with van der Waals surface area (Å²) in [5.74, 6) is -0.852. The lowest BCUT2D eigenvalue weighted by atomic mass is 9.65. The number of nitrogens with one attached hydrogen (secondary N) is 1. The fraction of sp³-hybridized carbons (Fsp3) is 0.214. The molecule has 0 bridgehead atoms. The molecule has 7 rings (SSSR count). The molecular weight excluding hydrogens is 596 g/mol. The van der Waals surface area contributed by atoms with E-state index in [0.29, 0.717) is 36.2 Å². The average Bonchev–Trinajstić information content (AvgIpc) is 3.14. The van der Waals surface area contributed by atoms with Crippen LogP contribution in [-0.4, -0.2) is 24.8 Å². The Hall–Kier alpha value is -5.33. The summed E-state index contributed by atoms with van der Waals surface area (Å²) < 4.78 is 5.26. The van der Waals surface area contributed by atoms with Crippen molar-refractivity contribution in [2.45, 2.75) is 50.5 Å². The first-order valence-corrected chi connectivity index (χ1v) is 16.5. The Bertz CT molecular complexity index is 2050. The number of ether oxygens (including phenoxy) is 1. The molecule has 6 nitrogen and oxygen atoms in total. The number of fused-ring (bicyclic) bond motifs is 5. The lowest BCUT2D eigenvalue weighted by molar-refractivity contribution is -0.147. The molecule has 0 spiro atoms. The van der Waals surface area contributed by atoms with Gasteiger partial charge in [0.15, 0.2) is 5.78 Å². The van der Waals surface area contributed by atoms with Crippen LogP contribution in [0.5, 0.6) is 0 Å². The van der Waals surface area contributed by atoms with Crippen molar-refractivity contribution in [2.75, 3.05) is 12.4 Å². The van der Waals surface area contributed by atoms with E-state index in [9.17, 15) is 14.4 Å². The van der Waals surface area contributed by atoms with Crippen molar-refractivity contribution >= 4 is 23.3 Å². The first kappa shape index (κ1) is 31.3. The molecule has 2 atom stereocenters. The minimum atomic E-state index is -0.756. The lowest BCUT2D eigenvalue weighted by Gasteiger charge is -2.38. The van der Waals surface area contributed by atoms with Gasteiger partial charge in [-0.25, -0.2) is 0 Å². The van der Waals surface area contributed by atoms with Crippen LogP contribution in [0.25, 0.3) is 22.3 Å². The van der Waals surface area contributed by atoms with E-state index in [1.54, 1.807) is 24.3 Å². The summed E-state index contributed by atoms with van der Waals surface area (Å²) in [5, 5.41) is 3.02. The van der Waals surface area contributed by atoms with Gasteiger partial charge in [-0.15, -0.1) is 0 Å². The molecule has 2 unspecified atom stereocenters. The molecular formula is C42H38N2O4. The highest BCUT2D eigenvalue weighted by Crippen LogP contribution is 2.48. The smallest absolute Gasteiger partial charge is 0.316 e. The Morgan fingerprint density at radius 2 is 1.54 bits per heavy atom. The first-order chi connectivity index (χ1) is 23.3. The molecule has 5 aromatic carbocycles. The molecule has 2 aliphatic carbocycles. The third-order valence-corrected chi connectivity index (χ3v) is 10.2. The number of Topliss-reactive ketones (excluding diaryl/α,β-unsaturated/α-hetero) is 1. The molecule has 6 heteroatoms. The summed E-state index contributed by atoms with van der Waals surface area (Å²) in [5.41, 5.74) is 15.9. The van der Waals surface area contributed by atoms with Gasteiger partial charge in [0, 0.05) is 23.4 Å². The SMILES string of the molecule is COC(=O)C1(C)CCCc2c1ccc1c2C(C(=O)c2ccc(NC(=O)c3ccccc3-c3ccc(CN)cc3)cc2)Cc2ccccc2-1. The van der Waals surface area contributed by atoms with E-state index in [2.05, 4.69) is 29.6 Å². The molecule has 0 saturated heterocycles. The largest absolute Gasteiger partial charge is 0.468 e. The lowest BCUT2D eigenvalue weighted by Crippen LogP contribution is -2.38. The van der Waals surface area contributed by atoms with Crippen molar-refractivity contribution in [3.63, 3.8) is 0 Å². The van der Waals surface area contributed by atoms with Gasteiger partial charge in [-0.1, -0.05) is 78.9 Å². The van der Waals surface area contributed by atoms with Crippen molar-refractivity contribution in [3.8, 4) is 22.3 Å². The Labute approximate surface area is 281 Å². The van der Waals surface area contributed by atoms with Crippen LogP contribution in [0.2, 0.25) is 0 Å². The number of carbonyl (C=O) groups is 3. The van der Waals surface area contributed by atoms with E-state index >= 15 is 0 Å². The third-order valence-electron chi connectivity index (χ3n) is 10.2. The minimum Gasteiger partial charge on any atom is -0.468 e. The van der Waals surface area contributed by atoms with E-state index in [0.717, 1.165) is 62.9 Å². The Morgan fingerprint density at radius 3 is 2.27 bits per heavy atom. The highest BCUT2D eigenvalue weighted by Gasteiger charge is 2.43. The first-order valence-electron chi connectivity index (χ1n) is 16.5. The number of ketones is 1.